The zero-order valence-electron chi connectivity index (χ0n) is 26.8. The van der Waals surface area contributed by atoms with Crippen molar-refractivity contribution in [3.8, 4) is 11.4 Å². The minimum absolute atomic E-state index is 0.156. The molecule has 1 N–H and O–H groups in total. The van der Waals surface area contributed by atoms with Crippen LogP contribution < -0.4 is 20.2 Å². The van der Waals surface area contributed by atoms with Crippen LogP contribution in [-0.4, -0.2) is 85.8 Å². The largest absolute Gasteiger partial charge is 0.491 e. The van der Waals surface area contributed by atoms with Crippen LogP contribution in [0.25, 0.3) is 5.69 Å². The first-order chi connectivity index (χ1) is 23.8. The number of aliphatic hydroxyl groups is 1. The maximum absolute atomic E-state index is 12.6. The van der Waals surface area contributed by atoms with Gasteiger partial charge in [-0.1, -0.05) is 29.3 Å². The highest BCUT2D eigenvalue weighted by atomic mass is 35.5. The first kappa shape index (κ1) is 33.1. The maximum Gasteiger partial charge on any atom is 0.350 e. The lowest BCUT2D eigenvalue weighted by atomic mass is 10.1. The molecular weight excluding hydrogens is 671 g/mol. The monoisotopic (exact) mass is 706 g/mol. The zero-order chi connectivity index (χ0) is 34.0. The second-order valence-corrected chi connectivity index (χ2v) is 13.0. The molecule has 0 saturated carbocycles. The number of nitrogens with zero attached hydrogens (tertiary/aromatic N) is 8. The lowest BCUT2D eigenvalue weighted by Gasteiger charge is -2.37. The SMILES string of the molecule is C[C@@H](O)Cn1ncn(-c2ccc(N3CCN(c4ccc(OCC5COC(Cn6cncn6)(c6ccc(Cl)cc6Cl)O5)cc4)CC3)cc2)c1=O. The number of anilines is 2. The van der Waals surface area contributed by atoms with Gasteiger partial charge in [-0.05, 0) is 67.6 Å². The topological polar surface area (TPSA) is 125 Å². The van der Waals surface area contributed by atoms with E-state index < -0.39 is 11.9 Å². The van der Waals surface area contributed by atoms with E-state index in [1.165, 1.54) is 21.9 Å². The molecule has 3 atom stereocenters. The van der Waals surface area contributed by atoms with Crippen LogP contribution in [0.5, 0.6) is 5.75 Å². The Morgan fingerprint density at radius 1 is 0.939 bits per heavy atom. The van der Waals surface area contributed by atoms with Crippen molar-refractivity contribution in [1.82, 2.24) is 29.1 Å². The number of hydrogen-bond acceptors (Lipinski definition) is 10. The average Bonchev–Trinajstić information content (AvgIpc) is 3.86. The number of piperazine rings is 1. The molecular formula is C34H36Cl2N8O5. The summed E-state index contributed by atoms with van der Waals surface area (Å²) in [6, 6.07) is 21.2. The second-order valence-electron chi connectivity index (χ2n) is 12.1. The molecule has 15 heteroatoms. The third-order valence-electron chi connectivity index (χ3n) is 8.62. The first-order valence-electron chi connectivity index (χ1n) is 16.0. The summed E-state index contributed by atoms with van der Waals surface area (Å²) in [5.74, 6) is -0.430. The molecule has 5 aromatic rings. The Morgan fingerprint density at radius 3 is 2.24 bits per heavy atom. The van der Waals surface area contributed by atoms with E-state index in [4.69, 9.17) is 37.4 Å². The van der Waals surface area contributed by atoms with E-state index in [0.717, 1.165) is 49.0 Å². The Morgan fingerprint density at radius 2 is 1.61 bits per heavy atom. The van der Waals surface area contributed by atoms with Gasteiger partial charge in [-0.15, -0.1) is 0 Å². The van der Waals surface area contributed by atoms with Crippen molar-refractivity contribution < 1.29 is 19.3 Å². The van der Waals surface area contributed by atoms with Gasteiger partial charge in [-0.2, -0.15) is 10.2 Å². The fourth-order valence-electron chi connectivity index (χ4n) is 6.16. The number of aliphatic hydroxyl groups excluding tert-OH is 1. The Balaban J connectivity index is 0.922. The summed E-state index contributed by atoms with van der Waals surface area (Å²) in [5, 5.41) is 18.9. The van der Waals surface area contributed by atoms with Crippen molar-refractivity contribution in [2.24, 2.45) is 0 Å². The van der Waals surface area contributed by atoms with Crippen LogP contribution in [0.2, 0.25) is 10.0 Å². The fraction of sp³-hybridized carbons (Fsp3) is 0.353. The molecule has 2 aliphatic rings. The Labute approximate surface area is 292 Å². The summed E-state index contributed by atoms with van der Waals surface area (Å²) >= 11 is 12.7. The van der Waals surface area contributed by atoms with Gasteiger partial charge < -0.3 is 29.1 Å². The minimum Gasteiger partial charge on any atom is -0.491 e. The van der Waals surface area contributed by atoms with E-state index in [0.29, 0.717) is 28.8 Å². The van der Waals surface area contributed by atoms with Gasteiger partial charge in [0.15, 0.2) is 0 Å². The van der Waals surface area contributed by atoms with Crippen LogP contribution in [0.1, 0.15) is 12.5 Å². The highest BCUT2D eigenvalue weighted by Gasteiger charge is 2.45. The van der Waals surface area contributed by atoms with E-state index >= 15 is 0 Å². The molecule has 2 aromatic heterocycles. The first-order valence-corrected chi connectivity index (χ1v) is 16.8. The lowest BCUT2D eigenvalue weighted by molar-refractivity contribution is -0.190. The van der Waals surface area contributed by atoms with Crippen LogP contribution in [0.15, 0.2) is 90.5 Å². The zero-order valence-corrected chi connectivity index (χ0v) is 28.3. The van der Waals surface area contributed by atoms with Crippen LogP contribution in [0, 0.1) is 0 Å². The highest BCUT2D eigenvalue weighted by molar-refractivity contribution is 6.35. The third kappa shape index (κ3) is 7.31. The van der Waals surface area contributed by atoms with Crippen molar-refractivity contribution in [3.63, 3.8) is 0 Å². The van der Waals surface area contributed by atoms with Crippen molar-refractivity contribution in [3.05, 3.63) is 112 Å². The Hall–Kier alpha value is -4.40. The number of aromatic nitrogens is 6. The highest BCUT2D eigenvalue weighted by Crippen LogP contribution is 2.40. The smallest absolute Gasteiger partial charge is 0.350 e. The van der Waals surface area contributed by atoms with Gasteiger partial charge >= 0.3 is 5.69 Å². The number of halogens is 2. The number of ether oxygens (including phenoxy) is 3. The molecule has 13 nitrogen and oxygen atoms in total. The van der Waals surface area contributed by atoms with E-state index in [-0.39, 0.29) is 24.9 Å². The molecule has 7 rings (SSSR count). The van der Waals surface area contributed by atoms with Gasteiger partial charge in [-0.25, -0.2) is 23.7 Å². The maximum atomic E-state index is 12.6. The predicted molar refractivity (Wildman–Crippen MR) is 185 cm³/mol. The quantitative estimate of drug-likeness (QED) is 0.216. The van der Waals surface area contributed by atoms with Gasteiger partial charge in [-0.3, -0.25) is 0 Å². The second kappa shape index (κ2) is 14.2. The number of hydrogen-bond donors (Lipinski definition) is 1. The molecule has 2 saturated heterocycles. The van der Waals surface area contributed by atoms with Gasteiger partial charge in [0.05, 0.1) is 30.0 Å². The third-order valence-corrected chi connectivity index (χ3v) is 9.17. The van der Waals surface area contributed by atoms with Gasteiger partial charge in [0.25, 0.3) is 0 Å². The number of benzene rings is 3. The molecule has 2 aliphatic heterocycles. The molecule has 4 heterocycles. The van der Waals surface area contributed by atoms with Crippen molar-refractivity contribution in [1.29, 1.82) is 0 Å². The lowest BCUT2D eigenvalue weighted by Crippen LogP contribution is -2.46. The van der Waals surface area contributed by atoms with Crippen molar-refractivity contribution in [2.45, 2.75) is 38.0 Å². The number of rotatable bonds is 11. The van der Waals surface area contributed by atoms with Gasteiger partial charge in [0, 0.05) is 48.1 Å². The molecule has 3 aromatic carbocycles. The summed E-state index contributed by atoms with van der Waals surface area (Å²) in [5.41, 5.74) is 3.34. The molecule has 2 unspecified atom stereocenters. The van der Waals surface area contributed by atoms with Crippen LogP contribution in [0.3, 0.4) is 0 Å². The Bertz CT molecular complexity index is 1910. The van der Waals surface area contributed by atoms with E-state index in [1.54, 1.807) is 30.1 Å². The molecule has 0 bridgehead atoms. The fourth-order valence-corrected chi connectivity index (χ4v) is 6.71. The van der Waals surface area contributed by atoms with Crippen LogP contribution in [0.4, 0.5) is 11.4 Å². The molecule has 0 amide bonds. The van der Waals surface area contributed by atoms with Crippen LogP contribution >= 0.6 is 23.2 Å². The van der Waals surface area contributed by atoms with Crippen molar-refractivity contribution in [2.75, 3.05) is 49.2 Å². The summed E-state index contributed by atoms with van der Waals surface area (Å²) in [6.07, 6.45) is 3.55. The van der Waals surface area contributed by atoms with Gasteiger partial charge in [0.1, 0.15) is 44.0 Å². The molecule has 0 aliphatic carbocycles. The predicted octanol–water partition coefficient (Wildman–Crippen LogP) is 3.99. The van der Waals surface area contributed by atoms with Crippen LogP contribution in [-0.2, 0) is 28.4 Å². The molecule has 0 spiro atoms. The van der Waals surface area contributed by atoms with E-state index in [2.05, 4.69) is 37.1 Å². The normalized spacial score (nSPS) is 20.1. The van der Waals surface area contributed by atoms with E-state index in [1.807, 2.05) is 42.5 Å². The molecule has 0 radical (unpaired) electrons. The van der Waals surface area contributed by atoms with E-state index in [9.17, 15) is 9.90 Å². The summed E-state index contributed by atoms with van der Waals surface area (Å²) in [4.78, 5) is 21.4. The molecule has 2 fully saturated rings. The summed E-state index contributed by atoms with van der Waals surface area (Å²) in [6.45, 7) is 6.09. The summed E-state index contributed by atoms with van der Waals surface area (Å²) < 4.78 is 23.2. The van der Waals surface area contributed by atoms with Crippen molar-refractivity contribution >= 4 is 34.6 Å². The van der Waals surface area contributed by atoms with Gasteiger partial charge in [0.2, 0.25) is 5.79 Å². The molecule has 49 heavy (non-hydrogen) atoms. The summed E-state index contributed by atoms with van der Waals surface area (Å²) in [7, 11) is 0. The molecule has 256 valence electrons. The Kier molecular flexibility index (Phi) is 9.61. The average molecular weight is 708 g/mol. The standard InChI is InChI=1S/C34H36Cl2N8O5/c1-24(45)17-44-33(46)43(23-39-44)28-5-3-26(4-6-28)40-12-14-41(15-13-40)27-7-9-29(10-8-27)47-18-30-19-48-34(49-30,20-42-22-37-21-38-42)31-11-2-25(35)16-32(31)36/h2-11,16,21-24,30,45H,12-15,17-20H2,1H3/t24-,30?,34?/m1/s1. The minimum atomic E-state index is -1.17.